The molecular weight excluding hydrogens is 289 g/mol. The second-order valence-corrected chi connectivity index (χ2v) is 5.17. The monoisotopic (exact) mass is 303 g/mol. The van der Waals surface area contributed by atoms with E-state index in [1.807, 2.05) is 0 Å². The molecule has 0 bridgehead atoms. The largest absolute Gasteiger partial charge is 0.491 e. The van der Waals surface area contributed by atoms with Crippen LogP contribution in [0.25, 0.3) is 0 Å². The molecule has 5 heteroatoms. The Labute approximate surface area is 108 Å². The summed E-state index contributed by atoms with van der Waals surface area (Å²) in [5.41, 5.74) is 0. The summed E-state index contributed by atoms with van der Waals surface area (Å²) in [5, 5.41) is 12.8. The van der Waals surface area contributed by atoms with E-state index in [1.54, 1.807) is 6.07 Å². The SMILES string of the molecule is OC(CNC1CC1)COc1cc(F)cc(Br)c1. The van der Waals surface area contributed by atoms with Gasteiger partial charge in [-0.25, -0.2) is 4.39 Å². The number of hydrogen-bond acceptors (Lipinski definition) is 3. The van der Waals surface area contributed by atoms with Crippen molar-refractivity contribution >= 4 is 15.9 Å². The number of benzene rings is 1. The predicted molar refractivity (Wildman–Crippen MR) is 66.6 cm³/mol. The van der Waals surface area contributed by atoms with Crippen LogP contribution >= 0.6 is 15.9 Å². The van der Waals surface area contributed by atoms with Gasteiger partial charge in [-0.3, -0.25) is 0 Å². The molecule has 1 fully saturated rings. The van der Waals surface area contributed by atoms with Gasteiger partial charge >= 0.3 is 0 Å². The fraction of sp³-hybridized carbons (Fsp3) is 0.500. The van der Waals surface area contributed by atoms with Crippen LogP contribution in [0.4, 0.5) is 4.39 Å². The maximum atomic E-state index is 13.0. The Bertz CT molecular complexity index is 365. The third kappa shape index (κ3) is 4.61. The van der Waals surface area contributed by atoms with Crippen LogP contribution in [0.2, 0.25) is 0 Å². The summed E-state index contributed by atoms with van der Waals surface area (Å²) >= 11 is 3.18. The standard InChI is InChI=1S/C12H15BrFNO2/c13-8-3-9(14)5-12(4-8)17-7-11(16)6-15-10-1-2-10/h3-5,10-11,15-16H,1-2,6-7H2. The molecule has 17 heavy (non-hydrogen) atoms. The third-order valence-corrected chi connectivity index (χ3v) is 2.96. The molecule has 2 rings (SSSR count). The summed E-state index contributed by atoms with van der Waals surface area (Å²) in [6, 6.07) is 4.89. The smallest absolute Gasteiger partial charge is 0.128 e. The van der Waals surface area contributed by atoms with Crippen molar-refractivity contribution in [3.8, 4) is 5.75 Å². The van der Waals surface area contributed by atoms with Crippen LogP contribution in [-0.2, 0) is 0 Å². The zero-order chi connectivity index (χ0) is 12.3. The van der Waals surface area contributed by atoms with E-state index >= 15 is 0 Å². The number of halogens is 2. The van der Waals surface area contributed by atoms with E-state index in [-0.39, 0.29) is 12.4 Å². The van der Waals surface area contributed by atoms with Crippen molar-refractivity contribution in [3.63, 3.8) is 0 Å². The van der Waals surface area contributed by atoms with Crippen molar-refractivity contribution in [1.29, 1.82) is 0 Å². The number of aliphatic hydroxyl groups is 1. The minimum Gasteiger partial charge on any atom is -0.491 e. The van der Waals surface area contributed by atoms with Gasteiger partial charge in [0.15, 0.2) is 0 Å². The van der Waals surface area contributed by atoms with E-state index in [9.17, 15) is 9.50 Å². The van der Waals surface area contributed by atoms with Gasteiger partial charge in [-0.05, 0) is 25.0 Å². The Morgan fingerprint density at radius 2 is 2.24 bits per heavy atom. The lowest BCUT2D eigenvalue weighted by Crippen LogP contribution is -2.32. The molecule has 2 N–H and O–H groups in total. The zero-order valence-corrected chi connectivity index (χ0v) is 10.9. The maximum Gasteiger partial charge on any atom is 0.128 e. The molecule has 3 nitrogen and oxygen atoms in total. The van der Waals surface area contributed by atoms with Crippen molar-refractivity contribution in [2.75, 3.05) is 13.2 Å². The van der Waals surface area contributed by atoms with Crippen LogP contribution < -0.4 is 10.1 Å². The fourth-order valence-electron chi connectivity index (χ4n) is 1.45. The van der Waals surface area contributed by atoms with Gasteiger partial charge in [0.1, 0.15) is 24.3 Å². The predicted octanol–water partition coefficient (Wildman–Crippen LogP) is 2.08. The first-order valence-electron chi connectivity index (χ1n) is 5.64. The number of rotatable bonds is 6. The van der Waals surface area contributed by atoms with E-state index in [2.05, 4.69) is 21.2 Å². The molecule has 0 saturated heterocycles. The van der Waals surface area contributed by atoms with Crippen molar-refractivity contribution in [1.82, 2.24) is 5.32 Å². The van der Waals surface area contributed by atoms with Gasteiger partial charge in [-0.1, -0.05) is 15.9 Å². The lowest BCUT2D eigenvalue weighted by molar-refractivity contribution is 0.106. The molecule has 0 radical (unpaired) electrons. The molecule has 1 unspecified atom stereocenters. The van der Waals surface area contributed by atoms with E-state index in [4.69, 9.17) is 4.74 Å². The van der Waals surface area contributed by atoms with Crippen LogP contribution in [0.3, 0.4) is 0 Å². The molecule has 1 aromatic carbocycles. The third-order valence-electron chi connectivity index (χ3n) is 2.50. The van der Waals surface area contributed by atoms with E-state index < -0.39 is 6.10 Å². The van der Waals surface area contributed by atoms with E-state index in [0.717, 1.165) is 0 Å². The lowest BCUT2D eigenvalue weighted by Gasteiger charge is -2.13. The quantitative estimate of drug-likeness (QED) is 0.845. The van der Waals surface area contributed by atoms with Gasteiger partial charge in [-0.2, -0.15) is 0 Å². The van der Waals surface area contributed by atoms with Crippen LogP contribution in [0, 0.1) is 5.82 Å². The summed E-state index contributed by atoms with van der Waals surface area (Å²) in [4.78, 5) is 0. The summed E-state index contributed by atoms with van der Waals surface area (Å²) in [6.45, 7) is 0.677. The van der Waals surface area contributed by atoms with E-state index in [1.165, 1.54) is 25.0 Å². The first-order valence-corrected chi connectivity index (χ1v) is 6.43. The van der Waals surface area contributed by atoms with Crippen molar-refractivity contribution in [2.45, 2.75) is 25.0 Å². The summed E-state index contributed by atoms with van der Waals surface area (Å²) < 4.78 is 19.0. The fourth-order valence-corrected chi connectivity index (χ4v) is 1.90. The second-order valence-electron chi connectivity index (χ2n) is 4.25. The average Bonchev–Trinajstić information content (AvgIpc) is 3.06. The summed E-state index contributed by atoms with van der Waals surface area (Å²) in [6.07, 6.45) is 1.80. The molecular formula is C12H15BrFNO2. The Kier molecular flexibility index (Phi) is 4.36. The first-order chi connectivity index (χ1) is 8.13. The van der Waals surface area contributed by atoms with Crippen LogP contribution in [0.5, 0.6) is 5.75 Å². The Morgan fingerprint density at radius 3 is 2.88 bits per heavy atom. The molecule has 0 aromatic heterocycles. The van der Waals surface area contributed by atoms with Gasteiger partial charge < -0.3 is 15.2 Å². The molecule has 94 valence electrons. The molecule has 0 aliphatic heterocycles. The number of hydrogen-bond donors (Lipinski definition) is 2. The Morgan fingerprint density at radius 1 is 1.47 bits per heavy atom. The highest BCUT2D eigenvalue weighted by atomic mass is 79.9. The molecule has 1 aromatic rings. The average molecular weight is 304 g/mol. The molecule has 0 spiro atoms. The minimum absolute atomic E-state index is 0.162. The first kappa shape index (κ1) is 12.8. The van der Waals surface area contributed by atoms with Gasteiger partial charge in [0, 0.05) is 23.1 Å². The van der Waals surface area contributed by atoms with Gasteiger partial charge in [0.25, 0.3) is 0 Å². The molecule has 0 amide bonds. The molecule has 1 atom stereocenters. The summed E-state index contributed by atoms with van der Waals surface area (Å²) in [7, 11) is 0. The normalized spacial score (nSPS) is 16.9. The highest BCUT2D eigenvalue weighted by molar-refractivity contribution is 9.10. The highest BCUT2D eigenvalue weighted by Crippen LogP contribution is 2.21. The molecule has 1 saturated carbocycles. The van der Waals surface area contributed by atoms with Crippen molar-refractivity contribution in [2.24, 2.45) is 0 Å². The zero-order valence-electron chi connectivity index (χ0n) is 9.33. The minimum atomic E-state index is -0.572. The Hall–Kier alpha value is -0.650. The molecule has 1 aliphatic rings. The number of ether oxygens (including phenoxy) is 1. The molecule has 1 aliphatic carbocycles. The Balaban J connectivity index is 1.75. The van der Waals surface area contributed by atoms with Crippen LogP contribution in [0.1, 0.15) is 12.8 Å². The van der Waals surface area contributed by atoms with Crippen molar-refractivity contribution in [3.05, 3.63) is 28.5 Å². The maximum absolute atomic E-state index is 13.0. The van der Waals surface area contributed by atoms with Gasteiger partial charge in [0.2, 0.25) is 0 Å². The van der Waals surface area contributed by atoms with E-state index in [0.29, 0.717) is 22.8 Å². The van der Waals surface area contributed by atoms with Gasteiger partial charge in [0.05, 0.1) is 0 Å². The van der Waals surface area contributed by atoms with Gasteiger partial charge in [-0.15, -0.1) is 0 Å². The topological polar surface area (TPSA) is 41.5 Å². The number of nitrogens with one attached hydrogen (secondary N) is 1. The van der Waals surface area contributed by atoms with Crippen LogP contribution in [-0.4, -0.2) is 30.4 Å². The summed E-state index contributed by atoms with van der Waals surface area (Å²) in [5.74, 6) is 0.0577. The molecule has 0 heterocycles. The van der Waals surface area contributed by atoms with Crippen LogP contribution in [0.15, 0.2) is 22.7 Å². The lowest BCUT2D eigenvalue weighted by atomic mass is 10.3. The highest BCUT2D eigenvalue weighted by Gasteiger charge is 2.21. The second kappa shape index (κ2) is 5.80. The number of aliphatic hydroxyl groups excluding tert-OH is 1. The van der Waals surface area contributed by atoms with Crippen molar-refractivity contribution < 1.29 is 14.2 Å².